The minimum Gasteiger partial charge on any atom is -0.319 e. The van der Waals surface area contributed by atoms with E-state index in [1.54, 1.807) is 29.6 Å². The SMILES string of the molecule is O=C(Nc1ccc(Br)cc1-c1nc2ccccc2[nH]c1=O)C(F)(F)F. The lowest BCUT2D eigenvalue weighted by Crippen LogP contribution is -2.30. The second-order valence-corrected chi connectivity index (χ2v) is 5.99. The zero-order valence-corrected chi connectivity index (χ0v) is 13.9. The van der Waals surface area contributed by atoms with Gasteiger partial charge in [-0.1, -0.05) is 28.1 Å². The van der Waals surface area contributed by atoms with Crippen molar-refractivity contribution < 1.29 is 18.0 Å². The van der Waals surface area contributed by atoms with E-state index < -0.39 is 17.6 Å². The third kappa shape index (κ3) is 3.55. The molecule has 9 heteroatoms. The van der Waals surface area contributed by atoms with E-state index in [0.717, 1.165) is 0 Å². The number of nitrogens with zero attached hydrogens (tertiary/aromatic N) is 1. The number of aromatic amines is 1. The zero-order chi connectivity index (χ0) is 18.2. The molecule has 3 rings (SSSR count). The Morgan fingerprint density at radius 3 is 2.60 bits per heavy atom. The molecule has 1 amide bonds. The quantitative estimate of drug-likeness (QED) is 0.672. The Morgan fingerprint density at radius 2 is 1.88 bits per heavy atom. The van der Waals surface area contributed by atoms with Crippen LogP contribution in [0.4, 0.5) is 18.9 Å². The molecule has 0 atom stereocenters. The number of halogens is 4. The van der Waals surface area contributed by atoms with Gasteiger partial charge in [-0.2, -0.15) is 13.2 Å². The molecule has 3 aromatic rings. The summed E-state index contributed by atoms with van der Waals surface area (Å²) in [7, 11) is 0. The third-order valence-corrected chi connectivity index (χ3v) is 3.84. The predicted molar refractivity (Wildman–Crippen MR) is 90.2 cm³/mol. The van der Waals surface area contributed by atoms with E-state index in [2.05, 4.69) is 25.9 Å². The minimum absolute atomic E-state index is 0.0685. The summed E-state index contributed by atoms with van der Waals surface area (Å²) < 4.78 is 38.1. The number of benzene rings is 2. The lowest BCUT2D eigenvalue weighted by Gasteiger charge is -2.12. The van der Waals surface area contributed by atoms with E-state index in [1.165, 1.54) is 18.2 Å². The standard InChI is InChI=1S/C16H9BrF3N3O2/c17-8-5-6-10(23-15(25)16(18,19)20)9(7-8)13-14(24)22-12-4-2-1-3-11(12)21-13/h1-7H,(H,22,24)(H,23,25). The fourth-order valence-corrected chi connectivity index (χ4v) is 2.59. The van der Waals surface area contributed by atoms with Gasteiger partial charge in [0.25, 0.3) is 5.56 Å². The molecule has 2 N–H and O–H groups in total. The first-order chi connectivity index (χ1) is 11.8. The Balaban J connectivity index is 2.17. The van der Waals surface area contributed by atoms with Gasteiger partial charge in [-0.25, -0.2) is 4.98 Å². The summed E-state index contributed by atoms with van der Waals surface area (Å²) in [5.74, 6) is -2.13. The van der Waals surface area contributed by atoms with Gasteiger partial charge in [-0.05, 0) is 30.3 Å². The Bertz CT molecular complexity index is 1030. The van der Waals surface area contributed by atoms with Crippen LogP contribution in [0, 0.1) is 0 Å². The Hall–Kier alpha value is -2.68. The minimum atomic E-state index is -5.05. The van der Waals surface area contributed by atoms with Crippen LogP contribution in [-0.2, 0) is 4.79 Å². The molecular formula is C16H9BrF3N3O2. The Kier molecular flexibility index (Phi) is 4.34. The maximum atomic E-state index is 12.5. The van der Waals surface area contributed by atoms with Crippen LogP contribution in [0.15, 0.2) is 51.7 Å². The van der Waals surface area contributed by atoms with E-state index in [4.69, 9.17) is 0 Å². The van der Waals surface area contributed by atoms with Crippen LogP contribution >= 0.6 is 15.9 Å². The first kappa shape index (κ1) is 17.2. The average molecular weight is 412 g/mol. The van der Waals surface area contributed by atoms with Crippen LogP contribution in [0.2, 0.25) is 0 Å². The lowest BCUT2D eigenvalue weighted by atomic mass is 10.1. The first-order valence-electron chi connectivity index (χ1n) is 6.93. The van der Waals surface area contributed by atoms with Gasteiger partial charge in [-0.3, -0.25) is 9.59 Å². The molecule has 128 valence electrons. The summed E-state index contributed by atoms with van der Waals surface area (Å²) in [6.45, 7) is 0. The second-order valence-electron chi connectivity index (χ2n) is 5.07. The number of carbonyl (C=O) groups is 1. The molecule has 25 heavy (non-hydrogen) atoms. The van der Waals surface area contributed by atoms with Gasteiger partial charge in [0.15, 0.2) is 0 Å². The van der Waals surface area contributed by atoms with Gasteiger partial charge in [0.05, 0.1) is 16.7 Å². The molecule has 2 aromatic carbocycles. The van der Waals surface area contributed by atoms with Gasteiger partial charge in [0.2, 0.25) is 0 Å². The maximum absolute atomic E-state index is 12.5. The van der Waals surface area contributed by atoms with Gasteiger partial charge < -0.3 is 10.3 Å². The summed E-state index contributed by atoms with van der Waals surface area (Å²) in [5.41, 5.74) is 0.173. The summed E-state index contributed by atoms with van der Waals surface area (Å²) in [4.78, 5) is 30.4. The van der Waals surface area contributed by atoms with Crippen molar-refractivity contribution in [2.45, 2.75) is 6.18 Å². The van der Waals surface area contributed by atoms with Crippen molar-refractivity contribution in [2.75, 3.05) is 5.32 Å². The third-order valence-electron chi connectivity index (χ3n) is 3.34. The van der Waals surface area contributed by atoms with Crippen LogP contribution in [0.3, 0.4) is 0 Å². The molecule has 0 bridgehead atoms. The monoisotopic (exact) mass is 411 g/mol. The molecule has 1 aromatic heterocycles. The number of alkyl halides is 3. The number of hydrogen-bond donors (Lipinski definition) is 2. The summed E-state index contributed by atoms with van der Waals surface area (Å²) in [6, 6.07) is 10.9. The molecule has 0 spiro atoms. The Labute approximate surface area is 147 Å². The average Bonchev–Trinajstić information content (AvgIpc) is 2.55. The van der Waals surface area contributed by atoms with E-state index in [-0.39, 0.29) is 16.9 Å². The van der Waals surface area contributed by atoms with Crippen LogP contribution in [0.5, 0.6) is 0 Å². The molecule has 0 radical (unpaired) electrons. The molecule has 0 aliphatic rings. The maximum Gasteiger partial charge on any atom is 0.471 e. The highest BCUT2D eigenvalue weighted by Gasteiger charge is 2.39. The number of hydrogen-bond acceptors (Lipinski definition) is 3. The van der Waals surface area contributed by atoms with E-state index in [0.29, 0.717) is 15.5 Å². The van der Waals surface area contributed by atoms with Crippen molar-refractivity contribution in [2.24, 2.45) is 0 Å². The molecule has 0 fully saturated rings. The predicted octanol–water partition coefficient (Wildman–Crippen LogP) is 3.85. The smallest absolute Gasteiger partial charge is 0.319 e. The van der Waals surface area contributed by atoms with Crippen molar-refractivity contribution in [3.63, 3.8) is 0 Å². The topological polar surface area (TPSA) is 74.8 Å². The van der Waals surface area contributed by atoms with Crippen LogP contribution in [0.1, 0.15) is 0 Å². The lowest BCUT2D eigenvalue weighted by molar-refractivity contribution is -0.167. The molecule has 0 aliphatic heterocycles. The number of nitrogens with one attached hydrogen (secondary N) is 2. The normalized spacial score (nSPS) is 11.5. The van der Waals surface area contributed by atoms with Crippen LogP contribution in [-0.4, -0.2) is 22.1 Å². The molecule has 0 saturated heterocycles. The number of carbonyl (C=O) groups excluding carboxylic acids is 1. The summed E-state index contributed by atoms with van der Waals surface area (Å²) in [5, 5.41) is 1.77. The molecule has 1 heterocycles. The highest BCUT2D eigenvalue weighted by atomic mass is 79.9. The van der Waals surface area contributed by atoms with Crippen molar-refractivity contribution in [1.29, 1.82) is 0 Å². The highest BCUT2D eigenvalue weighted by Crippen LogP contribution is 2.30. The van der Waals surface area contributed by atoms with E-state index >= 15 is 0 Å². The largest absolute Gasteiger partial charge is 0.471 e. The number of amides is 1. The van der Waals surface area contributed by atoms with E-state index in [1.807, 2.05) is 0 Å². The molecule has 0 unspecified atom stereocenters. The van der Waals surface area contributed by atoms with Crippen molar-refractivity contribution in [1.82, 2.24) is 9.97 Å². The summed E-state index contributed by atoms with van der Waals surface area (Å²) >= 11 is 3.20. The molecule has 5 nitrogen and oxygen atoms in total. The number of rotatable bonds is 2. The number of aromatic nitrogens is 2. The van der Waals surface area contributed by atoms with Gasteiger partial charge in [-0.15, -0.1) is 0 Å². The van der Waals surface area contributed by atoms with E-state index in [9.17, 15) is 22.8 Å². The van der Waals surface area contributed by atoms with Crippen LogP contribution < -0.4 is 10.9 Å². The fraction of sp³-hybridized carbons (Fsp3) is 0.0625. The molecular weight excluding hydrogens is 403 g/mol. The van der Waals surface area contributed by atoms with Gasteiger partial charge in [0.1, 0.15) is 5.69 Å². The zero-order valence-electron chi connectivity index (χ0n) is 12.3. The van der Waals surface area contributed by atoms with Gasteiger partial charge in [0, 0.05) is 10.0 Å². The number of anilines is 1. The highest BCUT2D eigenvalue weighted by molar-refractivity contribution is 9.10. The molecule has 0 saturated carbocycles. The number of fused-ring (bicyclic) bond motifs is 1. The van der Waals surface area contributed by atoms with Crippen molar-refractivity contribution in [3.05, 3.63) is 57.3 Å². The fourth-order valence-electron chi connectivity index (χ4n) is 2.23. The van der Waals surface area contributed by atoms with Crippen LogP contribution in [0.25, 0.3) is 22.3 Å². The summed E-state index contributed by atoms with van der Waals surface area (Å²) in [6.07, 6.45) is -5.05. The van der Waals surface area contributed by atoms with Crippen molar-refractivity contribution in [3.8, 4) is 11.3 Å². The number of H-pyrrole nitrogens is 1. The number of para-hydroxylation sites is 2. The van der Waals surface area contributed by atoms with Crippen molar-refractivity contribution >= 4 is 38.6 Å². The first-order valence-corrected chi connectivity index (χ1v) is 7.72. The second kappa shape index (κ2) is 6.32. The Morgan fingerprint density at radius 1 is 1.16 bits per heavy atom. The van der Waals surface area contributed by atoms with Gasteiger partial charge >= 0.3 is 12.1 Å². The molecule has 0 aliphatic carbocycles.